The Hall–Kier alpha value is -2.44. The number of aromatic nitrogens is 1. The SMILES string of the molecule is C[C@@H](c1nc2ccccc2s1)N(C)CC(=O)Nc1ccc(N2CCCCCC2)cc1. The largest absolute Gasteiger partial charge is 0.372 e. The van der Waals surface area contributed by atoms with Crippen molar-refractivity contribution in [1.29, 1.82) is 0 Å². The third kappa shape index (κ3) is 4.99. The summed E-state index contributed by atoms with van der Waals surface area (Å²) in [4.78, 5) is 21.8. The molecule has 1 amide bonds. The molecule has 3 aromatic rings. The number of nitrogens with zero attached hydrogens (tertiary/aromatic N) is 3. The first-order chi connectivity index (χ1) is 14.6. The third-order valence-corrected chi connectivity index (χ3v) is 7.05. The second-order valence-electron chi connectivity index (χ2n) is 8.11. The number of likely N-dealkylation sites (N-methyl/N-ethyl adjacent to an activating group) is 1. The molecule has 1 aliphatic rings. The maximum Gasteiger partial charge on any atom is 0.238 e. The molecule has 0 bridgehead atoms. The lowest BCUT2D eigenvalue weighted by molar-refractivity contribution is -0.117. The second kappa shape index (κ2) is 9.58. The third-order valence-electron chi connectivity index (χ3n) is 5.84. The van der Waals surface area contributed by atoms with E-state index in [1.54, 1.807) is 11.3 Å². The molecule has 1 atom stereocenters. The molecule has 0 spiro atoms. The maximum absolute atomic E-state index is 12.6. The summed E-state index contributed by atoms with van der Waals surface area (Å²) in [6.45, 7) is 4.67. The molecule has 2 aromatic carbocycles. The van der Waals surface area contributed by atoms with Crippen LogP contribution in [-0.2, 0) is 4.79 Å². The first-order valence-corrected chi connectivity index (χ1v) is 11.6. The highest BCUT2D eigenvalue weighted by molar-refractivity contribution is 7.18. The second-order valence-corrected chi connectivity index (χ2v) is 9.17. The highest BCUT2D eigenvalue weighted by Crippen LogP contribution is 2.28. The van der Waals surface area contributed by atoms with Crippen LogP contribution < -0.4 is 10.2 Å². The highest BCUT2D eigenvalue weighted by atomic mass is 32.1. The van der Waals surface area contributed by atoms with Crippen molar-refractivity contribution in [3.63, 3.8) is 0 Å². The minimum absolute atomic E-state index is 0.00650. The molecule has 0 radical (unpaired) electrons. The number of benzene rings is 2. The quantitative estimate of drug-likeness (QED) is 0.585. The number of hydrogen-bond acceptors (Lipinski definition) is 5. The predicted octanol–water partition coefficient (Wildman–Crippen LogP) is 5.31. The Bertz CT molecular complexity index is 943. The summed E-state index contributed by atoms with van der Waals surface area (Å²) < 4.78 is 1.18. The van der Waals surface area contributed by atoms with Crippen molar-refractivity contribution in [1.82, 2.24) is 9.88 Å². The molecule has 158 valence electrons. The first kappa shape index (κ1) is 20.8. The molecule has 0 unspecified atom stereocenters. The number of carbonyl (C=O) groups excluding carboxylic acids is 1. The Balaban J connectivity index is 1.33. The van der Waals surface area contributed by atoms with Gasteiger partial charge in [0.2, 0.25) is 5.91 Å². The average molecular weight is 423 g/mol. The maximum atomic E-state index is 12.6. The molecule has 5 nitrogen and oxygen atoms in total. The summed E-state index contributed by atoms with van der Waals surface area (Å²) in [6, 6.07) is 16.5. The molecule has 2 heterocycles. The predicted molar refractivity (Wildman–Crippen MR) is 126 cm³/mol. The monoisotopic (exact) mass is 422 g/mol. The van der Waals surface area contributed by atoms with Gasteiger partial charge in [-0.1, -0.05) is 25.0 Å². The lowest BCUT2D eigenvalue weighted by atomic mass is 10.2. The molecule has 30 heavy (non-hydrogen) atoms. The summed E-state index contributed by atoms with van der Waals surface area (Å²) in [5.41, 5.74) is 3.11. The van der Waals surface area contributed by atoms with Crippen LogP contribution in [0.3, 0.4) is 0 Å². The Kier molecular flexibility index (Phi) is 6.65. The smallest absolute Gasteiger partial charge is 0.238 e. The van der Waals surface area contributed by atoms with Crippen molar-refractivity contribution >= 4 is 38.8 Å². The zero-order valence-electron chi connectivity index (χ0n) is 17.8. The molecule has 1 N–H and O–H groups in total. The molecule has 1 fully saturated rings. The van der Waals surface area contributed by atoms with Crippen LogP contribution in [0.25, 0.3) is 10.2 Å². The number of thiazole rings is 1. The van der Waals surface area contributed by atoms with Crippen LogP contribution in [0.1, 0.15) is 43.7 Å². The Labute approximate surface area is 182 Å². The van der Waals surface area contributed by atoms with E-state index >= 15 is 0 Å². The number of rotatable bonds is 6. The molecule has 1 aliphatic heterocycles. The standard InChI is InChI=1S/C24H30N4OS/c1-18(24-26-21-9-5-6-10-22(21)30-24)27(2)17-23(29)25-19-11-13-20(14-12-19)28-15-7-3-4-8-16-28/h5-6,9-14,18H,3-4,7-8,15-17H2,1-2H3,(H,25,29)/t18-/m0/s1. The minimum atomic E-state index is -0.00650. The summed E-state index contributed by atoms with van der Waals surface area (Å²) in [5, 5.41) is 4.07. The molecular weight excluding hydrogens is 392 g/mol. The number of para-hydroxylation sites is 1. The van der Waals surface area contributed by atoms with Gasteiger partial charge in [0.15, 0.2) is 0 Å². The number of nitrogens with one attached hydrogen (secondary N) is 1. The van der Waals surface area contributed by atoms with Gasteiger partial charge < -0.3 is 10.2 Å². The fourth-order valence-corrected chi connectivity index (χ4v) is 4.99. The fraction of sp³-hybridized carbons (Fsp3) is 0.417. The molecule has 0 saturated carbocycles. The lowest BCUT2D eigenvalue weighted by Crippen LogP contribution is -2.32. The molecule has 1 saturated heterocycles. The van der Waals surface area contributed by atoms with E-state index in [0.717, 1.165) is 29.3 Å². The van der Waals surface area contributed by atoms with E-state index in [1.165, 1.54) is 36.1 Å². The van der Waals surface area contributed by atoms with E-state index in [2.05, 4.69) is 35.3 Å². The van der Waals surface area contributed by atoms with Gasteiger partial charge in [-0.05, 0) is 63.2 Å². The van der Waals surface area contributed by atoms with Gasteiger partial charge in [0, 0.05) is 24.5 Å². The van der Waals surface area contributed by atoms with Crippen molar-refractivity contribution in [3.05, 3.63) is 53.5 Å². The molecule has 6 heteroatoms. The number of carbonyl (C=O) groups is 1. The zero-order chi connectivity index (χ0) is 20.9. The average Bonchev–Trinajstić information content (AvgIpc) is 3.00. The molecule has 1 aromatic heterocycles. The number of anilines is 2. The van der Waals surface area contributed by atoms with Gasteiger partial charge in [0.25, 0.3) is 0 Å². The van der Waals surface area contributed by atoms with Crippen molar-refractivity contribution in [2.45, 2.75) is 38.6 Å². The highest BCUT2D eigenvalue weighted by Gasteiger charge is 2.18. The summed E-state index contributed by atoms with van der Waals surface area (Å²) >= 11 is 1.69. The van der Waals surface area contributed by atoms with Crippen LogP contribution in [0.2, 0.25) is 0 Å². The van der Waals surface area contributed by atoms with Gasteiger partial charge in [-0.25, -0.2) is 4.98 Å². The van der Waals surface area contributed by atoms with Crippen LogP contribution in [0.15, 0.2) is 48.5 Å². The van der Waals surface area contributed by atoms with E-state index in [1.807, 2.05) is 42.3 Å². The molecular formula is C24H30N4OS. The first-order valence-electron chi connectivity index (χ1n) is 10.8. The molecule has 0 aliphatic carbocycles. The van der Waals surface area contributed by atoms with Crippen LogP contribution >= 0.6 is 11.3 Å². The van der Waals surface area contributed by atoms with Gasteiger partial charge in [-0.3, -0.25) is 9.69 Å². The number of hydrogen-bond donors (Lipinski definition) is 1. The van der Waals surface area contributed by atoms with Crippen LogP contribution in [0.4, 0.5) is 11.4 Å². The van der Waals surface area contributed by atoms with Crippen molar-refractivity contribution < 1.29 is 4.79 Å². The summed E-state index contributed by atoms with van der Waals surface area (Å²) in [6.07, 6.45) is 5.18. The number of amides is 1. The van der Waals surface area contributed by atoms with Crippen molar-refractivity contribution in [3.8, 4) is 0 Å². The van der Waals surface area contributed by atoms with E-state index in [4.69, 9.17) is 4.98 Å². The van der Waals surface area contributed by atoms with Crippen molar-refractivity contribution in [2.75, 3.05) is 36.9 Å². The Morgan fingerprint density at radius 3 is 2.50 bits per heavy atom. The van der Waals surface area contributed by atoms with Gasteiger partial charge in [-0.2, -0.15) is 0 Å². The van der Waals surface area contributed by atoms with Gasteiger partial charge in [0.05, 0.1) is 22.8 Å². The summed E-state index contributed by atoms with van der Waals surface area (Å²) in [5.74, 6) is -0.00650. The minimum Gasteiger partial charge on any atom is -0.372 e. The van der Waals surface area contributed by atoms with Crippen LogP contribution in [0.5, 0.6) is 0 Å². The topological polar surface area (TPSA) is 48.5 Å². The summed E-state index contributed by atoms with van der Waals surface area (Å²) in [7, 11) is 1.97. The van der Waals surface area contributed by atoms with E-state index < -0.39 is 0 Å². The van der Waals surface area contributed by atoms with Crippen LogP contribution in [0, 0.1) is 0 Å². The van der Waals surface area contributed by atoms with Crippen LogP contribution in [-0.4, -0.2) is 42.5 Å². The van der Waals surface area contributed by atoms with E-state index in [9.17, 15) is 4.79 Å². The van der Waals surface area contributed by atoms with Gasteiger partial charge in [-0.15, -0.1) is 11.3 Å². The van der Waals surface area contributed by atoms with E-state index in [0.29, 0.717) is 6.54 Å². The van der Waals surface area contributed by atoms with E-state index in [-0.39, 0.29) is 11.9 Å². The zero-order valence-corrected chi connectivity index (χ0v) is 18.6. The normalized spacial score (nSPS) is 15.9. The Morgan fingerprint density at radius 2 is 1.80 bits per heavy atom. The lowest BCUT2D eigenvalue weighted by Gasteiger charge is -2.23. The van der Waals surface area contributed by atoms with Gasteiger partial charge in [0.1, 0.15) is 5.01 Å². The number of fused-ring (bicyclic) bond motifs is 1. The van der Waals surface area contributed by atoms with Crippen molar-refractivity contribution in [2.24, 2.45) is 0 Å². The molecule has 4 rings (SSSR count). The Morgan fingerprint density at radius 1 is 1.10 bits per heavy atom. The van der Waals surface area contributed by atoms with Gasteiger partial charge >= 0.3 is 0 Å². The fourth-order valence-electron chi connectivity index (χ4n) is 3.91.